The number of carbonyl (C=O) groups excluding carboxylic acids is 1. The van der Waals surface area contributed by atoms with Gasteiger partial charge in [0, 0.05) is 17.1 Å². The van der Waals surface area contributed by atoms with Crippen LogP contribution in [0.3, 0.4) is 0 Å². The highest BCUT2D eigenvalue weighted by Crippen LogP contribution is 2.33. The van der Waals surface area contributed by atoms with Gasteiger partial charge in [-0.3, -0.25) is 0 Å². The van der Waals surface area contributed by atoms with Gasteiger partial charge in [0.25, 0.3) is 0 Å². The van der Waals surface area contributed by atoms with E-state index in [1.54, 1.807) is 0 Å². The lowest BCUT2D eigenvalue weighted by molar-refractivity contribution is -0.137. The van der Waals surface area contributed by atoms with Crippen LogP contribution in [0.1, 0.15) is 52.4 Å². The molecule has 0 aromatic rings. The molecule has 0 spiro atoms. The van der Waals surface area contributed by atoms with Crippen LogP contribution in [-0.4, -0.2) is 23.1 Å². The predicted octanol–water partition coefficient (Wildman–Crippen LogP) is 4.34. The Morgan fingerprint density at radius 2 is 1.88 bits per heavy atom. The molecule has 0 unspecified atom stereocenters. The highest BCUT2D eigenvalue weighted by atomic mass is 16.5. The summed E-state index contributed by atoms with van der Waals surface area (Å²) in [6, 6.07) is 0. The maximum atomic E-state index is 11.8. The van der Waals surface area contributed by atoms with Crippen LogP contribution in [0.15, 0.2) is 47.1 Å². The van der Waals surface area contributed by atoms with Crippen LogP contribution < -0.4 is 0 Å². The average molecular weight is 330 g/mol. The summed E-state index contributed by atoms with van der Waals surface area (Å²) in [6.45, 7) is 7.95. The molecule has 4 heteroatoms. The number of ether oxygens (including phenoxy) is 1. The minimum Gasteiger partial charge on any atom is -0.478 e. The number of hydrogen-bond donors (Lipinski definition) is 1. The zero-order valence-corrected chi connectivity index (χ0v) is 14.5. The number of aliphatic carboxylic acids is 1. The maximum absolute atomic E-state index is 11.8. The molecule has 0 amide bonds. The van der Waals surface area contributed by atoms with Crippen LogP contribution in [0.25, 0.3) is 0 Å². The van der Waals surface area contributed by atoms with Crippen molar-refractivity contribution < 1.29 is 19.4 Å². The maximum Gasteiger partial charge on any atom is 0.334 e. The standard InChI is InChI=1S/C20H26O4/c1-13-6-4-8-16(19(21)22)9-5-7-14(2)12-18-17(11-10-13)15(3)20(23)24-18/h6,9,12,17-18H,3-5,7-8,10-11H2,1-2H3,(H,21,22)/t17-,18+/m1/s1. The molecule has 2 aliphatic rings. The molecule has 2 atom stereocenters. The summed E-state index contributed by atoms with van der Waals surface area (Å²) in [5, 5.41) is 9.29. The summed E-state index contributed by atoms with van der Waals surface area (Å²) in [5.41, 5.74) is 3.36. The molecule has 0 aromatic heterocycles. The van der Waals surface area contributed by atoms with Crippen molar-refractivity contribution in [3.63, 3.8) is 0 Å². The Morgan fingerprint density at radius 1 is 1.17 bits per heavy atom. The lowest BCUT2D eigenvalue weighted by atomic mass is 9.89. The Bertz CT molecular complexity index is 622. The third-order valence-corrected chi connectivity index (χ3v) is 4.76. The van der Waals surface area contributed by atoms with Crippen molar-refractivity contribution in [2.75, 3.05) is 0 Å². The largest absolute Gasteiger partial charge is 0.478 e. The van der Waals surface area contributed by atoms with E-state index in [0.29, 0.717) is 24.0 Å². The molecule has 1 N–H and O–H groups in total. The Balaban J connectivity index is 2.23. The summed E-state index contributed by atoms with van der Waals surface area (Å²) in [4.78, 5) is 23.2. The third kappa shape index (κ3) is 4.70. The fraction of sp³-hybridized carbons (Fsp3) is 0.500. The first kappa shape index (κ1) is 18.2. The molecule has 0 aromatic carbocycles. The summed E-state index contributed by atoms with van der Waals surface area (Å²) >= 11 is 0. The molecule has 1 saturated heterocycles. The van der Waals surface area contributed by atoms with E-state index in [-0.39, 0.29) is 18.0 Å². The fourth-order valence-electron chi connectivity index (χ4n) is 3.21. The number of rotatable bonds is 1. The number of hydrogen-bond acceptors (Lipinski definition) is 3. The minimum atomic E-state index is -0.837. The van der Waals surface area contributed by atoms with E-state index in [1.807, 2.05) is 26.0 Å². The summed E-state index contributed by atoms with van der Waals surface area (Å²) in [6.07, 6.45) is 10.1. The van der Waals surface area contributed by atoms with Crippen LogP contribution >= 0.6 is 0 Å². The minimum absolute atomic E-state index is 0.0314. The second-order valence-corrected chi connectivity index (χ2v) is 6.72. The summed E-state index contributed by atoms with van der Waals surface area (Å²) in [7, 11) is 0. The lowest BCUT2D eigenvalue weighted by Crippen LogP contribution is -2.15. The van der Waals surface area contributed by atoms with Crippen molar-refractivity contribution in [3.05, 3.63) is 47.1 Å². The van der Waals surface area contributed by atoms with Crippen molar-refractivity contribution >= 4 is 11.9 Å². The first-order valence-electron chi connectivity index (χ1n) is 8.53. The Morgan fingerprint density at radius 3 is 2.58 bits per heavy atom. The van der Waals surface area contributed by atoms with Crippen LogP contribution in [0.4, 0.5) is 0 Å². The van der Waals surface area contributed by atoms with Gasteiger partial charge in [-0.15, -0.1) is 0 Å². The molecule has 4 nitrogen and oxygen atoms in total. The zero-order chi connectivity index (χ0) is 17.7. The first-order valence-corrected chi connectivity index (χ1v) is 8.53. The molecule has 0 radical (unpaired) electrons. The molecular formula is C20H26O4. The molecule has 24 heavy (non-hydrogen) atoms. The van der Waals surface area contributed by atoms with E-state index in [2.05, 4.69) is 12.7 Å². The molecule has 1 aliphatic carbocycles. The smallest absolute Gasteiger partial charge is 0.334 e. The van der Waals surface area contributed by atoms with Crippen LogP contribution in [-0.2, 0) is 14.3 Å². The number of carboxylic acid groups (broad SMARTS) is 1. The van der Waals surface area contributed by atoms with Gasteiger partial charge in [-0.25, -0.2) is 9.59 Å². The van der Waals surface area contributed by atoms with E-state index in [0.717, 1.165) is 31.3 Å². The number of fused-ring (bicyclic) bond motifs is 1. The molecule has 0 saturated carbocycles. The van der Waals surface area contributed by atoms with Gasteiger partial charge in [0.2, 0.25) is 0 Å². The van der Waals surface area contributed by atoms with Crippen LogP contribution in [0.2, 0.25) is 0 Å². The normalized spacial score (nSPS) is 26.5. The number of esters is 1. The van der Waals surface area contributed by atoms with Gasteiger partial charge in [0.1, 0.15) is 6.10 Å². The topological polar surface area (TPSA) is 63.6 Å². The Labute approximate surface area is 143 Å². The van der Waals surface area contributed by atoms with Gasteiger partial charge in [-0.05, 0) is 58.4 Å². The predicted molar refractivity (Wildman–Crippen MR) is 93.4 cm³/mol. The first-order chi connectivity index (χ1) is 11.4. The molecule has 1 aliphatic heterocycles. The average Bonchev–Trinajstić information content (AvgIpc) is 2.77. The summed E-state index contributed by atoms with van der Waals surface area (Å²) in [5.74, 6) is -1.10. The molecule has 130 valence electrons. The van der Waals surface area contributed by atoms with Crippen LogP contribution in [0.5, 0.6) is 0 Å². The van der Waals surface area contributed by atoms with E-state index in [9.17, 15) is 14.7 Å². The van der Waals surface area contributed by atoms with Gasteiger partial charge in [-0.2, -0.15) is 0 Å². The second-order valence-electron chi connectivity index (χ2n) is 6.72. The monoisotopic (exact) mass is 330 g/mol. The van der Waals surface area contributed by atoms with E-state index in [1.165, 1.54) is 5.57 Å². The van der Waals surface area contributed by atoms with Gasteiger partial charge in [-0.1, -0.05) is 29.9 Å². The Kier molecular flexibility index (Phi) is 6.18. The third-order valence-electron chi connectivity index (χ3n) is 4.76. The second kappa shape index (κ2) is 8.13. The highest BCUT2D eigenvalue weighted by molar-refractivity contribution is 5.91. The van der Waals surface area contributed by atoms with Gasteiger partial charge in [0.15, 0.2) is 0 Å². The highest BCUT2D eigenvalue weighted by Gasteiger charge is 2.36. The Hall–Kier alpha value is -2.10. The van der Waals surface area contributed by atoms with Crippen molar-refractivity contribution in [2.24, 2.45) is 5.92 Å². The number of carboxylic acids is 1. The summed E-state index contributed by atoms with van der Waals surface area (Å²) < 4.78 is 5.46. The van der Waals surface area contributed by atoms with Crippen LogP contribution in [0, 0.1) is 5.92 Å². The number of allylic oxidation sites excluding steroid dienone is 4. The molecule has 1 heterocycles. The van der Waals surface area contributed by atoms with Crippen molar-refractivity contribution in [1.82, 2.24) is 0 Å². The molecular weight excluding hydrogens is 304 g/mol. The van der Waals surface area contributed by atoms with Gasteiger partial charge in [0.05, 0.1) is 0 Å². The van der Waals surface area contributed by atoms with E-state index < -0.39 is 5.97 Å². The van der Waals surface area contributed by atoms with Crippen molar-refractivity contribution in [3.8, 4) is 0 Å². The fourth-order valence-corrected chi connectivity index (χ4v) is 3.21. The number of carbonyl (C=O) groups is 2. The lowest BCUT2D eigenvalue weighted by Gasteiger charge is -2.16. The SMILES string of the molecule is C=C1C(=O)O[C@H]2C=C(C)CCC=C(C(=O)O)CCC=C(C)CC[C@H]12. The van der Waals surface area contributed by atoms with Crippen molar-refractivity contribution in [2.45, 2.75) is 58.5 Å². The zero-order valence-electron chi connectivity index (χ0n) is 14.5. The molecule has 2 rings (SSSR count). The van der Waals surface area contributed by atoms with Gasteiger partial charge < -0.3 is 9.84 Å². The van der Waals surface area contributed by atoms with Gasteiger partial charge >= 0.3 is 11.9 Å². The van der Waals surface area contributed by atoms with E-state index in [4.69, 9.17) is 4.74 Å². The molecule has 0 bridgehead atoms. The molecule has 1 fully saturated rings. The van der Waals surface area contributed by atoms with E-state index >= 15 is 0 Å². The quantitative estimate of drug-likeness (QED) is 0.441. The van der Waals surface area contributed by atoms with Crippen molar-refractivity contribution in [1.29, 1.82) is 0 Å².